The molecule has 79 valence electrons. The zero-order valence-corrected chi connectivity index (χ0v) is 6.65. The highest BCUT2D eigenvalue weighted by atomic mass is 19.3. The molecule has 0 heterocycles. The van der Waals surface area contributed by atoms with Crippen molar-refractivity contribution in [2.45, 2.75) is 31.4 Å². The topological polar surface area (TPSA) is 0 Å². The van der Waals surface area contributed by atoms with Gasteiger partial charge in [-0.1, -0.05) is 0 Å². The molecule has 0 aliphatic carbocycles. The molecule has 0 aromatic carbocycles. The molecule has 0 atom stereocenters. The van der Waals surface area contributed by atoms with Crippen LogP contribution in [0.25, 0.3) is 0 Å². The van der Waals surface area contributed by atoms with Gasteiger partial charge in [-0.15, -0.1) is 0 Å². The van der Waals surface area contributed by atoms with Gasteiger partial charge < -0.3 is 0 Å². The molecular weight excluding hydrogens is 205 g/mol. The molecule has 0 saturated carbocycles. The van der Waals surface area contributed by atoms with E-state index in [9.17, 15) is 30.7 Å². The summed E-state index contributed by atoms with van der Waals surface area (Å²) in [7, 11) is 0. The molecule has 0 aliphatic heterocycles. The van der Waals surface area contributed by atoms with Crippen molar-refractivity contribution in [1.29, 1.82) is 0 Å². The van der Waals surface area contributed by atoms with Crippen molar-refractivity contribution in [3.05, 3.63) is 6.43 Å². The van der Waals surface area contributed by atoms with E-state index in [1.165, 1.54) is 0 Å². The molecule has 0 spiro atoms. The second-order valence-electron chi connectivity index (χ2n) is 2.88. The molecule has 0 fully saturated rings. The minimum atomic E-state index is -5.74. The van der Waals surface area contributed by atoms with Gasteiger partial charge in [-0.2, -0.15) is 26.3 Å². The smallest absolute Gasteiger partial charge is 0.238 e. The Hall–Kier alpha value is -0.490. The first-order valence-electron chi connectivity index (χ1n) is 3.07. The molecule has 1 radical (unpaired) electrons. The van der Waals surface area contributed by atoms with Crippen molar-refractivity contribution in [1.82, 2.24) is 0 Å². The van der Waals surface area contributed by atoms with E-state index in [1.807, 2.05) is 0 Å². The van der Waals surface area contributed by atoms with Gasteiger partial charge in [0, 0.05) is 0 Å². The summed E-state index contributed by atoms with van der Waals surface area (Å²) in [6.45, 7) is 0.202. The first-order valence-corrected chi connectivity index (χ1v) is 3.07. The Kier molecular flexibility index (Phi) is 2.91. The fraction of sp³-hybridized carbons (Fsp3) is 0.833. The summed E-state index contributed by atoms with van der Waals surface area (Å²) in [5.74, 6) is -11.2. The summed E-state index contributed by atoms with van der Waals surface area (Å²) in [6, 6.07) is 0. The number of hydrogen-bond donors (Lipinski definition) is 0. The van der Waals surface area contributed by atoms with Gasteiger partial charge in [-0.3, -0.25) is 0 Å². The predicted octanol–water partition coefficient (Wildman–Crippen LogP) is 3.43. The summed E-state index contributed by atoms with van der Waals surface area (Å²) in [6.07, 6.45) is -3.80. The average Bonchev–Trinajstić information content (AvgIpc) is 1.84. The predicted molar refractivity (Wildman–Crippen MR) is 30.5 cm³/mol. The third-order valence-corrected chi connectivity index (χ3v) is 1.38. The Labute approximate surface area is 69.7 Å². The average molecular weight is 211 g/mol. The SMILES string of the molecule is CC(C)(F)C(F)(F)C(F)(F)[C](F)F. The molecule has 0 rings (SSSR count). The van der Waals surface area contributed by atoms with Crippen LogP contribution in [0.15, 0.2) is 0 Å². The van der Waals surface area contributed by atoms with Crippen LogP contribution in [0.2, 0.25) is 0 Å². The summed E-state index contributed by atoms with van der Waals surface area (Å²) < 4.78 is 83.9. The Morgan fingerprint density at radius 2 is 1.15 bits per heavy atom. The number of hydrogen-bond acceptors (Lipinski definition) is 0. The molecule has 0 unspecified atom stereocenters. The molecule has 0 saturated heterocycles. The molecule has 0 bridgehead atoms. The van der Waals surface area contributed by atoms with Gasteiger partial charge in [0.05, 0.1) is 0 Å². The standard InChI is InChI=1S/C6H6F7/c1-4(2,9)6(12,13)5(10,11)3(7)8/h1-2H3. The van der Waals surface area contributed by atoms with Crippen LogP contribution in [0.5, 0.6) is 0 Å². The van der Waals surface area contributed by atoms with Crippen molar-refractivity contribution in [3.8, 4) is 0 Å². The quantitative estimate of drug-likeness (QED) is 0.627. The highest BCUT2D eigenvalue weighted by Gasteiger charge is 2.71. The van der Waals surface area contributed by atoms with E-state index < -0.39 is 23.9 Å². The molecule has 0 aromatic rings. The minimum Gasteiger partial charge on any atom is -0.238 e. The number of rotatable bonds is 3. The van der Waals surface area contributed by atoms with Crippen LogP contribution >= 0.6 is 0 Å². The summed E-state index contributed by atoms with van der Waals surface area (Å²) in [5.41, 5.74) is -3.72. The highest BCUT2D eigenvalue weighted by molar-refractivity contribution is 5.04. The van der Waals surface area contributed by atoms with Crippen LogP contribution in [0.3, 0.4) is 0 Å². The van der Waals surface area contributed by atoms with Crippen LogP contribution in [0.4, 0.5) is 30.7 Å². The Morgan fingerprint density at radius 1 is 0.846 bits per heavy atom. The fourth-order valence-corrected chi connectivity index (χ4v) is 0.492. The maximum atomic E-state index is 12.4. The largest absolute Gasteiger partial charge is 0.384 e. The first-order chi connectivity index (χ1) is 5.44. The third-order valence-electron chi connectivity index (χ3n) is 1.38. The summed E-state index contributed by atoms with van der Waals surface area (Å²) >= 11 is 0. The van der Waals surface area contributed by atoms with Crippen molar-refractivity contribution < 1.29 is 30.7 Å². The zero-order chi connectivity index (χ0) is 11.1. The molecule has 0 N–H and O–H groups in total. The zero-order valence-electron chi connectivity index (χ0n) is 6.65. The van der Waals surface area contributed by atoms with Crippen molar-refractivity contribution in [3.63, 3.8) is 0 Å². The van der Waals surface area contributed by atoms with Gasteiger partial charge in [0.25, 0.3) is 0 Å². The fourth-order valence-electron chi connectivity index (χ4n) is 0.492. The lowest BCUT2D eigenvalue weighted by Gasteiger charge is -2.31. The second-order valence-corrected chi connectivity index (χ2v) is 2.88. The lowest BCUT2D eigenvalue weighted by atomic mass is 9.97. The Bertz CT molecular complexity index is 178. The van der Waals surface area contributed by atoms with E-state index in [4.69, 9.17) is 0 Å². The number of alkyl halides is 5. The van der Waals surface area contributed by atoms with Crippen LogP contribution in [0.1, 0.15) is 13.8 Å². The van der Waals surface area contributed by atoms with Crippen LogP contribution in [-0.2, 0) is 0 Å². The molecule has 13 heavy (non-hydrogen) atoms. The second kappa shape index (κ2) is 3.02. The third kappa shape index (κ3) is 1.88. The van der Waals surface area contributed by atoms with Gasteiger partial charge in [0.1, 0.15) is 0 Å². The molecule has 0 aromatic heterocycles. The molecule has 0 amide bonds. The van der Waals surface area contributed by atoms with E-state index in [-0.39, 0.29) is 13.8 Å². The van der Waals surface area contributed by atoms with E-state index in [0.717, 1.165) is 0 Å². The Balaban J connectivity index is 5.04. The van der Waals surface area contributed by atoms with E-state index in [1.54, 1.807) is 0 Å². The van der Waals surface area contributed by atoms with Crippen molar-refractivity contribution in [2.75, 3.05) is 0 Å². The molecule has 0 nitrogen and oxygen atoms in total. The van der Waals surface area contributed by atoms with Gasteiger partial charge in [0.2, 0.25) is 0 Å². The van der Waals surface area contributed by atoms with E-state index in [0.29, 0.717) is 0 Å². The van der Waals surface area contributed by atoms with Gasteiger partial charge in [-0.05, 0) is 13.8 Å². The normalized spacial score (nSPS) is 15.2. The summed E-state index contributed by atoms with van der Waals surface area (Å²) in [4.78, 5) is 0. The first kappa shape index (κ1) is 12.5. The number of halogens is 7. The van der Waals surface area contributed by atoms with Crippen LogP contribution < -0.4 is 0 Å². The minimum absolute atomic E-state index is 0.101. The van der Waals surface area contributed by atoms with Crippen molar-refractivity contribution >= 4 is 0 Å². The van der Waals surface area contributed by atoms with Crippen molar-refractivity contribution in [2.24, 2.45) is 0 Å². The Morgan fingerprint density at radius 3 is 1.23 bits per heavy atom. The van der Waals surface area contributed by atoms with Gasteiger partial charge in [0.15, 0.2) is 5.67 Å². The van der Waals surface area contributed by atoms with Gasteiger partial charge in [-0.25, -0.2) is 4.39 Å². The van der Waals surface area contributed by atoms with Gasteiger partial charge >= 0.3 is 18.3 Å². The highest BCUT2D eigenvalue weighted by Crippen LogP contribution is 2.49. The van der Waals surface area contributed by atoms with Crippen LogP contribution in [0, 0.1) is 6.43 Å². The molecular formula is C6H6F7. The van der Waals surface area contributed by atoms with E-state index >= 15 is 0 Å². The lowest BCUT2D eigenvalue weighted by molar-refractivity contribution is -0.275. The van der Waals surface area contributed by atoms with E-state index in [2.05, 4.69) is 0 Å². The molecule has 7 heteroatoms. The molecule has 0 aliphatic rings. The monoisotopic (exact) mass is 211 g/mol. The summed E-state index contributed by atoms with van der Waals surface area (Å²) in [5, 5.41) is 0. The maximum absolute atomic E-state index is 12.4. The lowest BCUT2D eigenvalue weighted by Crippen LogP contribution is -2.54. The maximum Gasteiger partial charge on any atom is 0.384 e. The van der Waals surface area contributed by atoms with Crippen LogP contribution in [-0.4, -0.2) is 17.5 Å².